The molecule has 0 aliphatic carbocycles. The molecule has 1 heterocycles. The van der Waals surface area contributed by atoms with Gasteiger partial charge in [-0.2, -0.15) is 14.9 Å². The predicted molar refractivity (Wildman–Crippen MR) is 66.3 cm³/mol. The first kappa shape index (κ1) is 17.3. The summed E-state index contributed by atoms with van der Waals surface area (Å²) in [7, 11) is 0. The maximum atomic E-state index is 10.7. The lowest BCUT2D eigenvalue weighted by molar-refractivity contribution is -0.191. The fourth-order valence-corrected chi connectivity index (χ4v) is 2.33. The maximum Gasteiger partial charge on any atom is 0.373 e. The van der Waals surface area contributed by atoms with E-state index in [1.807, 2.05) is 6.07 Å². The molecule has 0 atom stereocenters. The highest BCUT2D eigenvalue weighted by Gasteiger charge is 2.20. The van der Waals surface area contributed by atoms with Gasteiger partial charge in [-0.1, -0.05) is 0 Å². The molecule has 0 aromatic carbocycles. The fraction of sp³-hybridized carbons (Fsp3) is 0.273. The minimum atomic E-state index is -1.14. The number of carboxylic acids is 2. The van der Waals surface area contributed by atoms with Gasteiger partial charge in [0.05, 0.1) is 5.56 Å². The van der Waals surface area contributed by atoms with Crippen molar-refractivity contribution in [3.05, 3.63) is 16.5 Å². The number of nitrogens with zero attached hydrogens (tertiary/aromatic N) is 2. The van der Waals surface area contributed by atoms with E-state index in [0.29, 0.717) is 16.1 Å². The number of carbonyl (C=O) groups excluding carboxylic acids is 2. The summed E-state index contributed by atoms with van der Waals surface area (Å²) in [6, 6.07) is 1.95. The van der Waals surface area contributed by atoms with Gasteiger partial charge in [-0.15, -0.1) is 11.3 Å². The Labute approximate surface area is 117 Å². The zero-order chi connectivity index (χ0) is 15.7. The zero-order valence-corrected chi connectivity index (χ0v) is 11.1. The van der Waals surface area contributed by atoms with Crippen LogP contribution in [0, 0.1) is 18.3 Å². The van der Waals surface area contributed by atoms with Gasteiger partial charge in [0.15, 0.2) is 0 Å². The number of aryl methyl sites for hydroxylation is 1. The van der Waals surface area contributed by atoms with Gasteiger partial charge in [-0.05, 0) is 17.9 Å². The quantitative estimate of drug-likeness (QED) is 0.793. The van der Waals surface area contributed by atoms with Crippen LogP contribution in [-0.4, -0.2) is 41.4 Å². The second-order valence-electron chi connectivity index (χ2n) is 3.44. The van der Waals surface area contributed by atoms with E-state index < -0.39 is 25.0 Å². The van der Waals surface area contributed by atoms with Crippen LogP contribution < -0.4 is 4.90 Å². The molecule has 0 spiro atoms. The van der Waals surface area contributed by atoms with E-state index in [9.17, 15) is 9.59 Å². The van der Waals surface area contributed by atoms with Crippen molar-refractivity contribution in [3.8, 4) is 6.07 Å². The zero-order valence-electron chi connectivity index (χ0n) is 10.3. The van der Waals surface area contributed by atoms with Crippen molar-refractivity contribution in [1.82, 2.24) is 0 Å². The lowest BCUT2D eigenvalue weighted by Crippen LogP contribution is -2.34. The van der Waals surface area contributed by atoms with Gasteiger partial charge in [0, 0.05) is 0 Å². The Morgan fingerprint density at radius 2 is 1.75 bits per heavy atom. The second kappa shape index (κ2) is 8.42. The molecule has 8 nitrogen and oxygen atoms in total. The van der Waals surface area contributed by atoms with E-state index in [1.54, 1.807) is 12.3 Å². The van der Waals surface area contributed by atoms with E-state index in [2.05, 4.69) is 0 Å². The Morgan fingerprint density at radius 1 is 1.30 bits per heavy atom. The van der Waals surface area contributed by atoms with Gasteiger partial charge in [0.2, 0.25) is 0 Å². The van der Waals surface area contributed by atoms with Crippen LogP contribution >= 0.6 is 11.3 Å². The van der Waals surface area contributed by atoms with E-state index >= 15 is 0 Å². The van der Waals surface area contributed by atoms with Crippen LogP contribution in [0.5, 0.6) is 0 Å². The number of hydrogen-bond donors (Lipinski definition) is 2. The monoisotopic (exact) mass is 298 g/mol. The van der Waals surface area contributed by atoms with Crippen molar-refractivity contribution in [3.63, 3.8) is 0 Å². The number of anilines is 1. The lowest BCUT2D eigenvalue weighted by Gasteiger charge is -2.18. The van der Waals surface area contributed by atoms with E-state index in [-0.39, 0.29) is 6.15 Å². The second-order valence-corrected chi connectivity index (χ2v) is 4.30. The Bertz CT molecular complexity index is 552. The molecule has 1 aromatic rings. The molecule has 0 aliphatic rings. The van der Waals surface area contributed by atoms with Crippen LogP contribution in [0.2, 0.25) is 0 Å². The molecule has 0 unspecified atom stereocenters. The van der Waals surface area contributed by atoms with Crippen LogP contribution in [-0.2, 0) is 19.2 Å². The summed E-state index contributed by atoms with van der Waals surface area (Å²) in [6.07, 6.45) is 0.250. The van der Waals surface area contributed by atoms with Crippen molar-refractivity contribution in [2.45, 2.75) is 6.92 Å². The number of aliphatic carboxylic acids is 2. The van der Waals surface area contributed by atoms with Crippen molar-refractivity contribution in [2.24, 2.45) is 0 Å². The summed E-state index contributed by atoms with van der Waals surface area (Å²) in [4.78, 5) is 38.7. The largest absolute Gasteiger partial charge is 0.480 e. The summed E-state index contributed by atoms with van der Waals surface area (Å²) in [5.74, 6) is -2.28. The van der Waals surface area contributed by atoms with Gasteiger partial charge in [0.1, 0.15) is 24.2 Å². The molecule has 0 saturated heterocycles. The van der Waals surface area contributed by atoms with Crippen molar-refractivity contribution in [1.29, 1.82) is 5.26 Å². The third-order valence-corrected chi connectivity index (χ3v) is 3.16. The third kappa shape index (κ3) is 5.30. The number of carbonyl (C=O) groups is 2. The van der Waals surface area contributed by atoms with E-state index in [0.717, 1.165) is 0 Å². The molecule has 2 N–H and O–H groups in total. The first-order chi connectivity index (χ1) is 9.37. The van der Waals surface area contributed by atoms with Crippen LogP contribution in [0.3, 0.4) is 0 Å². The molecule has 106 valence electrons. The summed E-state index contributed by atoms with van der Waals surface area (Å²) in [5.41, 5.74) is 1.05. The average molecular weight is 298 g/mol. The smallest absolute Gasteiger partial charge is 0.373 e. The summed E-state index contributed by atoms with van der Waals surface area (Å²) < 4.78 is 0. The first-order valence-corrected chi connectivity index (χ1v) is 5.91. The molecule has 0 amide bonds. The van der Waals surface area contributed by atoms with Gasteiger partial charge < -0.3 is 15.1 Å². The molecular weight excluding hydrogens is 288 g/mol. The van der Waals surface area contributed by atoms with Crippen molar-refractivity contribution in [2.75, 3.05) is 18.0 Å². The van der Waals surface area contributed by atoms with Gasteiger partial charge in [-0.3, -0.25) is 9.59 Å². The van der Waals surface area contributed by atoms with E-state index in [4.69, 9.17) is 25.1 Å². The summed E-state index contributed by atoms with van der Waals surface area (Å²) in [6.45, 7) is 0.833. The SMILES string of the molecule is Cc1csc(N(CC(=O)O)CC(=O)O)c1C#N.O=C=O. The molecule has 9 heteroatoms. The minimum Gasteiger partial charge on any atom is -0.480 e. The molecule has 0 saturated carbocycles. The third-order valence-electron chi connectivity index (χ3n) is 2.01. The Kier molecular flexibility index (Phi) is 7.29. The topological polar surface area (TPSA) is 136 Å². The fourth-order valence-electron chi connectivity index (χ4n) is 1.33. The Hall–Kier alpha value is -2.69. The number of hydrogen-bond acceptors (Lipinski definition) is 7. The van der Waals surface area contributed by atoms with Crippen LogP contribution in [0.1, 0.15) is 11.1 Å². The normalized spacial score (nSPS) is 8.60. The van der Waals surface area contributed by atoms with Gasteiger partial charge >= 0.3 is 18.1 Å². The lowest BCUT2D eigenvalue weighted by atomic mass is 10.2. The van der Waals surface area contributed by atoms with Gasteiger partial charge in [0.25, 0.3) is 0 Å². The first-order valence-electron chi connectivity index (χ1n) is 5.03. The van der Waals surface area contributed by atoms with Crippen LogP contribution in [0.4, 0.5) is 5.00 Å². The highest BCUT2D eigenvalue weighted by molar-refractivity contribution is 7.14. The molecule has 1 aromatic heterocycles. The number of nitriles is 1. The van der Waals surface area contributed by atoms with Crippen molar-refractivity contribution < 1.29 is 29.4 Å². The maximum absolute atomic E-state index is 10.7. The number of carboxylic acid groups (broad SMARTS) is 2. The molecule has 0 fully saturated rings. The standard InChI is InChI=1S/C10H10N2O4S.CO2/c1-6-5-17-10(7(6)2-11)12(3-8(13)14)4-9(15)16;2-1-3/h5H,3-4H2,1H3,(H,13,14)(H,15,16);. The summed E-state index contributed by atoms with van der Waals surface area (Å²) >= 11 is 1.17. The predicted octanol–water partition coefficient (Wildman–Crippen LogP) is 0.320. The molecule has 0 bridgehead atoms. The number of thiophene rings is 1. The summed E-state index contributed by atoms with van der Waals surface area (Å²) in [5, 5.41) is 28.5. The molecule has 20 heavy (non-hydrogen) atoms. The Balaban J connectivity index is 0.00000110. The van der Waals surface area contributed by atoms with E-state index in [1.165, 1.54) is 16.2 Å². The molecular formula is C11H10N2O6S. The Morgan fingerprint density at radius 3 is 2.10 bits per heavy atom. The molecule has 0 aliphatic heterocycles. The highest BCUT2D eigenvalue weighted by Crippen LogP contribution is 2.30. The van der Waals surface area contributed by atoms with Crippen LogP contribution in [0.25, 0.3) is 0 Å². The highest BCUT2D eigenvalue weighted by atomic mass is 32.1. The minimum absolute atomic E-state index is 0.250. The number of rotatable bonds is 5. The van der Waals surface area contributed by atoms with Gasteiger partial charge in [-0.25, -0.2) is 0 Å². The molecule has 0 radical (unpaired) electrons. The van der Waals surface area contributed by atoms with Crippen molar-refractivity contribution >= 4 is 34.4 Å². The molecule has 1 rings (SSSR count). The van der Waals surface area contributed by atoms with Crippen LogP contribution in [0.15, 0.2) is 5.38 Å². The average Bonchev–Trinajstić information content (AvgIpc) is 2.69.